The molecule has 0 aliphatic rings. The Labute approximate surface area is 125 Å². The third-order valence-electron chi connectivity index (χ3n) is 2.55. The fourth-order valence-electron chi connectivity index (χ4n) is 1.69. The van der Waals surface area contributed by atoms with Gasteiger partial charge < -0.3 is 5.32 Å². The molecule has 0 radical (unpaired) electrons. The number of fused-ring (bicyclic) bond motifs is 1. The second kappa shape index (κ2) is 5.12. The molecule has 9 heteroatoms. The highest BCUT2D eigenvalue weighted by Gasteiger charge is 2.35. The normalized spacial score (nSPS) is 11.8. The van der Waals surface area contributed by atoms with Gasteiger partial charge in [-0.1, -0.05) is 11.6 Å². The smallest absolute Gasteiger partial charge is 0.340 e. The highest BCUT2D eigenvalue weighted by atomic mass is 35.5. The molecular weight excluding hydrogens is 325 g/mol. The number of nitrogens with zero attached hydrogens (tertiary/aromatic N) is 3. The van der Waals surface area contributed by atoms with Crippen LogP contribution in [0.3, 0.4) is 0 Å². The Bertz CT molecular complexity index is 803. The van der Waals surface area contributed by atoms with Crippen LogP contribution in [0.4, 0.5) is 24.7 Å². The maximum atomic E-state index is 12.6. The van der Waals surface area contributed by atoms with Crippen molar-refractivity contribution in [3.05, 3.63) is 40.8 Å². The van der Waals surface area contributed by atoms with E-state index in [2.05, 4.69) is 20.3 Å². The Kier molecular flexibility index (Phi) is 3.42. The molecule has 3 aromatic rings. The van der Waals surface area contributed by atoms with Crippen LogP contribution in [0, 0.1) is 0 Å². The lowest BCUT2D eigenvalue weighted by atomic mass is 10.3. The molecule has 0 bridgehead atoms. The first-order valence-electron chi connectivity index (χ1n) is 5.64. The summed E-state index contributed by atoms with van der Waals surface area (Å²) in [5.74, 6) is -1.30. The van der Waals surface area contributed by atoms with Crippen molar-refractivity contribution < 1.29 is 13.2 Å². The lowest BCUT2D eigenvalue weighted by Crippen LogP contribution is -2.12. The van der Waals surface area contributed by atoms with E-state index < -0.39 is 12.0 Å². The molecule has 21 heavy (non-hydrogen) atoms. The molecule has 0 aliphatic heterocycles. The number of rotatable bonds is 2. The molecule has 3 rings (SSSR count). The lowest BCUT2D eigenvalue weighted by molar-refractivity contribution is -0.144. The molecule has 0 saturated carbocycles. The van der Waals surface area contributed by atoms with E-state index in [1.807, 2.05) is 0 Å². The fourth-order valence-corrected chi connectivity index (χ4v) is 2.59. The van der Waals surface area contributed by atoms with E-state index in [1.54, 1.807) is 23.7 Å². The molecule has 1 N–H and O–H groups in total. The Morgan fingerprint density at radius 1 is 1.14 bits per heavy atom. The van der Waals surface area contributed by atoms with Crippen LogP contribution in [-0.2, 0) is 6.18 Å². The monoisotopic (exact) mass is 330 g/mol. The fraction of sp³-hybridized carbons (Fsp3) is 0.0833. The van der Waals surface area contributed by atoms with Gasteiger partial charge in [0.05, 0.1) is 15.7 Å². The number of alkyl halides is 3. The molecular formula is C12H6ClF3N4S. The van der Waals surface area contributed by atoms with Crippen molar-refractivity contribution >= 4 is 44.7 Å². The summed E-state index contributed by atoms with van der Waals surface area (Å²) >= 11 is 7.03. The third kappa shape index (κ3) is 3.06. The van der Waals surface area contributed by atoms with Crippen LogP contribution in [0.2, 0.25) is 5.15 Å². The molecule has 0 saturated heterocycles. The van der Waals surface area contributed by atoms with Gasteiger partial charge in [0.2, 0.25) is 5.82 Å². The number of thiazole rings is 1. The maximum absolute atomic E-state index is 12.6. The maximum Gasteiger partial charge on any atom is 0.451 e. The summed E-state index contributed by atoms with van der Waals surface area (Å²) in [7, 11) is 0. The summed E-state index contributed by atoms with van der Waals surface area (Å²) in [5, 5.41) is 2.50. The average Bonchev–Trinajstić information content (AvgIpc) is 2.84. The summed E-state index contributed by atoms with van der Waals surface area (Å²) in [5.41, 5.74) is 3.11. The molecule has 2 heterocycles. The molecule has 108 valence electrons. The molecule has 2 aromatic heterocycles. The van der Waals surface area contributed by atoms with Gasteiger partial charge in [0.25, 0.3) is 0 Å². The SMILES string of the molecule is FC(F)(F)c1nc(Cl)cc(Nc2ccc3ncsc3c2)n1. The Hall–Kier alpha value is -1.93. The largest absolute Gasteiger partial charge is 0.451 e. The summed E-state index contributed by atoms with van der Waals surface area (Å²) in [4.78, 5) is 10.7. The molecule has 0 amide bonds. The van der Waals surface area contributed by atoms with Gasteiger partial charge >= 0.3 is 6.18 Å². The first kappa shape index (κ1) is 14.0. The average molecular weight is 331 g/mol. The molecule has 4 nitrogen and oxygen atoms in total. The zero-order chi connectivity index (χ0) is 15.0. The van der Waals surface area contributed by atoms with E-state index in [0.29, 0.717) is 5.69 Å². The first-order chi connectivity index (χ1) is 9.91. The second-order valence-corrected chi connectivity index (χ2v) is 5.33. The number of aromatic nitrogens is 3. The van der Waals surface area contributed by atoms with Crippen LogP contribution >= 0.6 is 22.9 Å². The van der Waals surface area contributed by atoms with Crippen molar-refractivity contribution in [2.75, 3.05) is 5.32 Å². The van der Waals surface area contributed by atoms with Gasteiger partial charge in [0, 0.05) is 11.8 Å². The predicted molar refractivity (Wildman–Crippen MR) is 74.9 cm³/mol. The van der Waals surface area contributed by atoms with Crippen molar-refractivity contribution in [1.82, 2.24) is 15.0 Å². The quantitative estimate of drug-likeness (QED) is 0.703. The Morgan fingerprint density at radius 3 is 2.71 bits per heavy atom. The summed E-state index contributed by atoms with van der Waals surface area (Å²) in [6, 6.07) is 6.47. The van der Waals surface area contributed by atoms with Gasteiger partial charge in [-0.15, -0.1) is 11.3 Å². The van der Waals surface area contributed by atoms with Gasteiger partial charge in [-0.2, -0.15) is 13.2 Å². The molecule has 0 fully saturated rings. The molecule has 0 atom stereocenters. The van der Waals surface area contributed by atoms with Crippen LogP contribution in [0.25, 0.3) is 10.2 Å². The van der Waals surface area contributed by atoms with Crippen LogP contribution in [0.5, 0.6) is 0 Å². The van der Waals surface area contributed by atoms with Gasteiger partial charge in [-0.05, 0) is 18.2 Å². The van der Waals surface area contributed by atoms with Gasteiger partial charge in [-0.25, -0.2) is 15.0 Å². The Balaban J connectivity index is 1.95. The van der Waals surface area contributed by atoms with Crippen LogP contribution in [-0.4, -0.2) is 15.0 Å². The van der Waals surface area contributed by atoms with Crippen molar-refractivity contribution in [2.24, 2.45) is 0 Å². The van der Waals surface area contributed by atoms with E-state index in [9.17, 15) is 13.2 Å². The van der Waals surface area contributed by atoms with Gasteiger partial charge in [0.1, 0.15) is 11.0 Å². The van der Waals surface area contributed by atoms with Crippen molar-refractivity contribution in [3.63, 3.8) is 0 Å². The van der Waals surface area contributed by atoms with E-state index in [4.69, 9.17) is 11.6 Å². The zero-order valence-electron chi connectivity index (χ0n) is 10.1. The number of hydrogen-bond donors (Lipinski definition) is 1. The minimum atomic E-state index is -4.65. The zero-order valence-corrected chi connectivity index (χ0v) is 11.7. The van der Waals surface area contributed by atoms with Crippen LogP contribution < -0.4 is 5.32 Å². The molecule has 0 spiro atoms. The molecule has 0 aliphatic carbocycles. The Morgan fingerprint density at radius 2 is 1.95 bits per heavy atom. The molecule has 0 unspecified atom stereocenters. The minimum absolute atomic E-state index is 0.0220. The van der Waals surface area contributed by atoms with Crippen LogP contribution in [0.15, 0.2) is 29.8 Å². The predicted octanol–water partition coefficient (Wildman–Crippen LogP) is 4.50. The van der Waals surface area contributed by atoms with E-state index in [-0.39, 0.29) is 11.0 Å². The number of nitrogens with one attached hydrogen (secondary N) is 1. The highest BCUT2D eigenvalue weighted by molar-refractivity contribution is 7.16. The first-order valence-corrected chi connectivity index (χ1v) is 6.89. The highest BCUT2D eigenvalue weighted by Crippen LogP contribution is 2.29. The lowest BCUT2D eigenvalue weighted by Gasteiger charge is -2.09. The standard InChI is InChI=1S/C12H6ClF3N4S/c13-9-4-10(20-11(19-9)12(14,15)16)18-6-1-2-7-8(3-6)21-5-17-7/h1-5H,(H,18,19,20). The number of hydrogen-bond acceptors (Lipinski definition) is 5. The van der Waals surface area contributed by atoms with E-state index in [1.165, 1.54) is 17.4 Å². The topological polar surface area (TPSA) is 50.7 Å². The summed E-state index contributed by atoms with van der Waals surface area (Å²) in [6.07, 6.45) is -4.65. The van der Waals surface area contributed by atoms with Gasteiger partial charge in [0.15, 0.2) is 0 Å². The van der Waals surface area contributed by atoms with E-state index in [0.717, 1.165) is 10.2 Å². The number of anilines is 2. The number of benzene rings is 1. The third-order valence-corrected chi connectivity index (χ3v) is 3.54. The van der Waals surface area contributed by atoms with E-state index >= 15 is 0 Å². The van der Waals surface area contributed by atoms with Crippen molar-refractivity contribution in [3.8, 4) is 0 Å². The van der Waals surface area contributed by atoms with Gasteiger partial charge in [-0.3, -0.25) is 0 Å². The van der Waals surface area contributed by atoms with Crippen molar-refractivity contribution in [2.45, 2.75) is 6.18 Å². The second-order valence-electron chi connectivity index (χ2n) is 4.06. The van der Waals surface area contributed by atoms with Crippen molar-refractivity contribution in [1.29, 1.82) is 0 Å². The number of halogens is 4. The summed E-state index contributed by atoms with van der Waals surface area (Å²) in [6.45, 7) is 0. The minimum Gasteiger partial charge on any atom is -0.340 e. The molecule has 1 aromatic carbocycles. The summed E-state index contributed by atoms with van der Waals surface area (Å²) < 4.78 is 38.8. The van der Waals surface area contributed by atoms with Crippen LogP contribution in [0.1, 0.15) is 5.82 Å².